The molecule has 0 amide bonds. The minimum atomic E-state index is 0.169. The highest BCUT2D eigenvalue weighted by Gasteiger charge is 2.20. The fourth-order valence-electron chi connectivity index (χ4n) is 2.46. The number of hydrogen-bond acceptors (Lipinski definition) is 6. The maximum absolute atomic E-state index is 9.00. The minimum absolute atomic E-state index is 0.169. The zero-order valence-corrected chi connectivity index (χ0v) is 13.2. The predicted molar refractivity (Wildman–Crippen MR) is 82.2 cm³/mol. The van der Waals surface area contributed by atoms with Crippen molar-refractivity contribution in [1.82, 2.24) is 20.2 Å². The molecule has 1 aliphatic rings. The molecule has 0 spiro atoms. The molecule has 22 heavy (non-hydrogen) atoms. The standard InChI is InChI=1S/C15H17N5OS/c1-11(13-5-2-4-12(8-13)9-16)22-15-17-18-19-20(15)10-14-6-3-7-21-14/h2,4-5,8,11,14H,3,6-7,10H2,1H3/t11-,14+/m0/s1. The van der Waals surface area contributed by atoms with Crippen molar-refractivity contribution in [3.8, 4) is 6.07 Å². The van der Waals surface area contributed by atoms with Crippen LogP contribution < -0.4 is 0 Å². The van der Waals surface area contributed by atoms with Crippen molar-refractivity contribution in [3.05, 3.63) is 35.4 Å². The van der Waals surface area contributed by atoms with Gasteiger partial charge in [-0.15, -0.1) is 5.10 Å². The maximum atomic E-state index is 9.00. The van der Waals surface area contributed by atoms with Crippen LogP contribution in [0.15, 0.2) is 29.4 Å². The van der Waals surface area contributed by atoms with E-state index in [4.69, 9.17) is 10.00 Å². The molecule has 0 bridgehead atoms. The summed E-state index contributed by atoms with van der Waals surface area (Å²) in [5.74, 6) is 0. The van der Waals surface area contributed by atoms with Gasteiger partial charge >= 0.3 is 0 Å². The predicted octanol–water partition coefficient (Wildman–Crippen LogP) is 2.58. The second kappa shape index (κ2) is 6.90. The number of tetrazole rings is 1. The lowest BCUT2D eigenvalue weighted by Crippen LogP contribution is -2.17. The van der Waals surface area contributed by atoms with Crippen LogP contribution in [0.3, 0.4) is 0 Å². The van der Waals surface area contributed by atoms with Crippen LogP contribution in [-0.4, -0.2) is 32.9 Å². The van der Waals surface area contributed by atoms with E-state index < -0.39 is 0 Å². The largest absolute Gasteiger partial charge is 0.376 e. The smallest absolute Gasteiger partial charge is 0.209 e. The van der Waals surface area contributed by atoms with Crippen molar-refractivity contribution in [3.63, 3.8) is 0 Å². The van der Waals surface area contributed by atoms with E-state index >= 15 is 0 Å². The molecule has 0 saturated carbocycles. The first-order valence-corrected chi connectivity index (χ1v) is 8.18. The summed E-state index contributed by atoms with van der Waals surface area (Å²) in [7, 11) is 0. The zero-order chi connectivity index (χ0) is 15.4. The molecule has 1 saturated heterocycles. The second-order valence-electron chi connectivity index (χ2n) is 5.28. The summed E-state index contributed by atoms with van der Waals surface area (Å²) in [5, 5.41) is 21.9. The van der Waals surface area contributed by atoms with Gasteiger partial charge in [0.25, 0.3) is 0 Å². The lowest BCUT2D eigenvalue weighted by Gasteiger charge is -2.13. The summed E-state index contributed by atoms with van der Waals surface area (Å²) in [6, 6.07) is 9.81. The van der Waals surface area contributed by atoms with Crippen LogP contribution in [0.1, 0.15) is 36.1 Å². The maximum Gasteiger partial charge on any atom is 0.209 e. The van der Waals surface area contributed by atoms with Gasteiger partial charge in [0, 0.05) is 11.9 Å². The molecule has 2 aromatic rings. The van der Waals surface area contributed by atoms with E-state index in [1.54, 1.807) is 11.8 Å². The summed E-state index contributed by atoms with van der Waals surface area (Å²) in [6.45, 7) is 3.61. The van der Waals surface area contributed by atoms with Gasteiger partial charge in [-0.1, -0.05) is 23.9 Å². The Hall–Kier alpha value is -1.91. The Bertz CT molecular complexity index is 675. The van der Waals surface area contributed by atoms with Crippen LogP contribution in [0.2, 0.25) is 0 Å². The van der Waals surface area contributed by atoms with Crippen LogP contribution in [0, 0.1) is 11.3 Å². The Labute approximate surface area is 133 Å². The van der Waals surface area contributed by atoms with Crippen molar-refractivity contribution in [2.24, 2.45) is 0 Å². The highest BCUT2D eigenvalue weighted by Crippen LogP contribution is 2.33. The Morgan fingerprint density at radius 2 is 2.45 bits per heavy atom. The minimum Gasteiger partial charge on any atom is -0.376 e. The molecule has 6 nitrogen and oxygen atoms in total. The van der Waals surface area contributed by atoms with Gasteiger partial charge in [-0.3, -0.25) is 0 Å². The normalized spacial score (nSPS) is 19.0. The van der Waals surface area contributed by atoms with E-state index in [9.17, 15) is 0 Å². The third-order valence-corrected chi connectivity index (χ3v) is 4.80. The fourth-order valence-corrected chi connectivity index (χ4v) is 3.38. The summed E-state index contributed by atoms with van der Waals surface area (Å²) in [4.78, 5) is 0. The van der Waals surface area contributed by atoms with E-state index in [1.165, 1.54) is 0 Å². The molecule has 2 atom stereocenters. The van der Waals surface area contributed by atoms with Crippen LogP contribution in [0.25, 0.3) is 0 Å². The van der Waals surface area contributed by atoms with Gasteiger partial charge in [0.15, 0.2) is 0 Å². The lowest BCUT2D eigenvalue weighted by atomic mass is 10.1. The molecule has 7 heteroatoms. The summed E-state index contributed by atoms with van der Waals surface area (Å²) in [6.07, 6.45) is 2.37. The Morgan fingerprint density at radius 1 is 1.55 bits per heavy atom. The zero-order valence-electron chi connectivity index (χ0n) is 12.3. The number of nitrogens with zero attached hydrogens (tertiary/aromatic N) is 5. The first-order chi connectivity index (χ1) is 10.8. The molecule has 1 aromatic heterocycles. The van der Waals surface area contributed by atoms with E-state index in [0.717, 1.165) is 30.2 Å². The number of aromatic nitrogens is 4. The molecule has 0 aliphatic carbocycles. The van der Waals surface area contributed by atoms with E-state index in [0.29, 0.717) is 12.1 Å². The van der Waals surface area contributed by atoms with Crippen LogP contribution >= 0.6 is 11.8 Å². The van der Waals surface area contributed by atoms with Gasteiger partial charge in [-0.05, 0) is 47.9 Å². The third-order valence-electron chi connectivity index (χ3n) is 3.67. The van der Waals surface area contributed by atoms with Crippen molar-refractivity contribution in [2.75, 3.05) is 6.61 Å². The average molecular weight is 315 g/mol. The molecule has 1 aliphatic heterocycles. The summed E-state index contributed by atoms with van der Waals surface area (Å²) >= 11 is 1.59. The van der Waals surface area contributed by atoms with Gasteiger partial charge in [0.1, 0.15) is 0 Å². The number of rotatable bonds is 5. The molecule has 1 fully saturated rings. The van der Waals surface area contributed by atoms with Crippen molar-refractivity contribution < 1.29 is 4.74 Å². The number of benzene rings is 1. The highest BCUT2D eigenvalue weighted by molar-refractivity contribution is 7.99. The van der Waals surface area contributed by atoms with Crippen molar-refractivity contribution in [2.45, 2.75) is 42.8 Å². The van der Waals surface area contributed by atoms with E-state index in [2.05, 4.69) is 28.5 Å². The topological polar surface area (TPSA) is 76.6 Å². The summed E-state index contributed by atoms with van der Waals surface area (Å²) < 4.78 is 7.45. The van der Waals surface area contributed by atoms with Crippen LogP contribution in [0.5, 0.6) is 0 Å². The Balaban J connectivity index is 1.70. The summed E-state index contributed by atoms with van der Waals surface area (Å²) in [5.41, 5.74) is 1.76. The number of hydrogen-bond donors (Lipinski definition) is 0. The molecular weight excluding hydrogens is 298 g/mol. The van der Waals surface area contributed by atoms with Gasteiger partial charge in [-0.25, -0.2) is 4.68 Å². The molecule has 0 N–H and O–H groups in total. The molecule has 0 radical (unpaired) electrons. The quantitative estimate of drug-likeness (QED) is 0.789. The molecule has 2 heterocycles. The molecule has 0 unspecified atom stereocenters. The molecule has 1 aromatic carbocycles. The second-order valence-corrected chi connectivity index (χ2v) is 6.58. The van der Waals surface area contributed by atoms with Crippen LogP contribution in [-0.2, 0) is 11.3 Å². The first-order valence-electron chi connectivity index (χ1n) is 7.31. The van der Waals surface area contributed by atoms with Gasteiger partial charge in [0.05, 0.1) is 24.3 Å². The SMILES string of the molecule is C[C@H](Sc1nnnn1C[C@H]1CCCO1)c1cccc(C#N)c1. The van der Waals surface area contributed by atoms with Gasteiger partial charge in [-0.2, -0.15) is 5.26 Å². The Kier molecular flexibility index (Phi) is 4.71. The first kappa shape index (κ1) is 15.0. The highest BCUT2D eigenvalue weighted by atomic mass is 32.2. The van der Waals surface area contributed by atoms with Crippen molar-refractivity contribution in [1.29, 1.82) is 5.26 Å². The third kappa shape index (κ3) is 3.46. The van der Waals surface area contributed by atoms with Gasteiger partial charge < -0.3 is 4.74 Å². The lowest BCUT2D eigenvalue weighted by molar-refractivity contribution is 0.0911. The van der Waals surface area contributed by atoms with Crippen molar-refractivity contribution >= 4 is 11.8 Å². The van der Waals surface area contributed by atoms with Gasteiger partial charge in [0.2, 0.25) is 5.16 Å². The Morgan fingerprint density at radius 3 is 3.23 bits per heavy atom. The molecule has 3 rings (SSSR count). The number of ether oxygens (including phenoxy) is 1. The molecule has 114 valence electrons. The van der Waals surface area contributed by atoms with E-state index in [-0.39, 0.29) is 11.4 Å². The van der Waals surface area contributed by atoms with E-state index in [1.807, 2.05) is 28.9 Å². The average Bonchev–Trinajstić information content (AvgIpc) is 3.20. The number of nitriles is 1. The monoisotopic (exact) mass is 315 g/mol. The fraction of sp³-hybridized carbons (Fsp3) is 0.467. The number of thioether (sulfide) groups is 1. The molecular formula is C15H17N5OS. The van der Waals surface area contributed by atoms with Crippen LogP contribution in [0.4, 0.5) is 0 Å².